The average molecular weight is 237 g/mol. The minimum atomic E-state index is -0.367. The molecule has 17 heavy (non-hydrogen) atoms. The van der Waals surface area contributed by atoms with Crippen molar-refractivity contribution in [1.82, 2.24) is 4.90 Å². The summed E-state index contributed by atoms with van der Waals surface area (Å²) in [6.07, 6.45) is 3.37. The maximum Gasteiger partial charge on any atom is 0.488 e. The fraction of sp³-hybridized carbons (Fsp3) is 0.750. The zero-order valence-electron chi connectivity index (χ0n) is 11.0. The Kier molecular flexibility index (Phi) is 3.08. The maximum absolute atomic E-state index is 11.4. The number of amides is 1. The highest BCUT2D eigenvalue weighted by atomic mass is 16.7. The zero-order chi connectivity index (χ0) is 12.7. The minimum absolute atomic E-state index is 0.178. The second kappa shape index (κ2) is 4.14. The summed E-state index contributed by atoms with van der Waals surface area (Å²) >= 11 is 0. The van der Waals surface area contributed by atoms with Crippen molar-refractivity contribution in [3.63, 3.8) is 0 Å². The Hall–Kier alpha value is -0.805. The number of hydrogen-bond acceptors (Lipinski definition) is 3. The van der Waals surface area contributed by atoms with Gasteiger partial charge in [-0.1, -0.05) is 0 Å². The van der Waals surface area contributed by atoms with Crippen molar-refractivity contribution >= 4 is 13.0 Å². The number of carbonyl (C=O) groups is 1. The van der Waals surface area contributed by atoms with E-state index in [2.05, 4.69) is 0 Å². The van der Waals surface area contributed by atoms with Crippen LogP contribution in [0.25, 0.3) is 0 Å². The normalized spacial score (nSPS) is 27.4. The molecule has 2 aliphatic heterocycles. The predicted octanol–water partition coefficient (Wildman–Crippen LogP) is 1.75. The number of likely N-dealkylation sites (tertiary alicyclic amines) is 1. The third kappa shape index (κ3) is 2.40. The van der Waals surface area contributed by atoms with Gasteiger partial charge in [-0.25, -0.2) is 0 Å². The molecule has 2 heterocycles. The fourth-order valence-corrected chi connectivity index (χ4v) is 1.97. The van der Waals surface area contributed by atoms with Crippen molar-refractivity contribution in [2.75, 3.05) is 6.54 Å². The van der Waals surface area contributed by atoms with E-state index >= 15 is 0 Å². The molecule has 0 aromatic carbocycles. The van der Waals surface area contributed by atoms with E-state index in [1.54, 1.807) is 11.1 Å². The highest BCUT2D eigenvalue weighted by molar-refractivity contribution is 6.51. The second-order valence-electron chi connectivity index (χ2n) is 5.66. The minimum Gasteiger partial charge on any atom is -0.400 e. The summed E-state index contributed by atoms with van der Waals surface area (Å²) in [7, 11) is -0.367. The van der Waals surface area contributed by atoms with Crippen LogP contribution in [0.1, 0.15) is 40.5 Å². The van der Waals surface area contributed by atoms with Crippen molar-refractivity contribution in [3.05, 3.63) is 12.2 Å². The van der Waals surface area contributed by atoms with Gasteiger partial charge in [0.25, 0.3) is 0 Å². The van der Waals surface area contributed by atoms with E-state index in [0.29, 0.717) is 6.42 Å². The molecule has 0 saturated carbocycles. The SMILES string of the molecule is CC1(C)OB(/C=C/N2CCCC2=O)OC1(C)C. The molecule has 2 rings (SSSR count). The van der Waals surface area contributed by atoms with Crippen LogP contribution < -0.4 is 0 Å². The number of nitrogens with zero attached hydrogens (tertiary/aromatic N) is 1. The van der Waals surface area contributed by atoms with Crippen molar-refractivity contribution < 1.29 is 14.1 Å². The first kappa shape index (κ1) is 12.6. The molecule has 0 atom stereocenters. The zero-order valence-corrected chi connectivity index (χ0v) is 11.0. The quantitative estimate of drug-likeness (QED) is 0.687. The molecule has 1 amide bonds. The smallest absolute Gasteiger partial charge is 0.400 e. The molecule has 0 aromatic heterocycles. The Labute approximate surface area is 103 Å². The van der Waals surface area contributed by atoms with Crippen molar-refractivity contribution in [2.24, 2.45) is 0 Å². The largest absolute Gasteiger partial charge is 0.488 e. The summed E-state index contributed by atoms with van der Waals surface area (Å²) in [4.78, 5) is 13.2. The lowest BCUT2D eigenvalue weighted by molar-refractivity contribution is -0.125. The van der Waals surface area contributed by atoms with Crippen LogP contribution in [0.5, 0.6) is 0 Å². The van der Waals surface area contributed by atoms with Crippen LogP contribution in [0.15, 0.2) is 12.2 Å². The molecule has 2 saturated heterocycles. The first-order valence-corrected chi connectivity index (χ1v) is 6.15. The third-order valence-corrected chi connectivity index (χ3v) is 3.80. The van der Waals surface area contributed by atoms with Crippen molar-refractivity contribution in [2.45, 2.75) is 51.7 Å². The molecule has 0 bridgehead atoms. The third-order valence-electron chi connectivity index (χ3n) is 3.80. The molecule has 2 fully saturated rings. The van der Waals surface area contributed by atoms with Crippen LogP contribution >= 0.6 is 0 Å². The van der Waals surface area contributed by atoms with Crippen molar-refractivity contribution in [1.29, 1.82) is 0 Å². The Balaban J connectivity index is 1.98. The van der Waals surface area contributed by atoms with Crippen molar-refractivity contribution in [3.8, 4) is 0 Å². The molecule has 0 N–H and O–H groups in total. The van der Waals surface area contributed by atoms with Crippen LogP contribution in [0.3, 0.4) is 0 Å². The number of carbonyl (C=O) groups excluding carboxylic acids is 1. The van der Waals surface area contributed by atoms with Crippen LogP contribution in [0.2, 0.25) is 0 Å². The summed E-state index contributed by atoms with van der Waals surface area (Å²) in [6.45, 7) is 8.86. The summed E-state index contributed by atoms with van der Waals surface area (Å²) in [5.74, 6) is 2.00. The van der Waals surface area contributed by atoms with E-state index in [0.717, 1.165) is 13.0 Å². The van der Waals surface area contributed by atoms with Gasteiger partial charge in [0.2, 0.25) is 5.91 Å². The van der Waals surface area contributed by atoms with E-state index in [9.17, 15) is 4.79 Å². The van der Waals surface area contributed by atoms with Gasteiger partial charge >= 0.3 is 7.12 Å². The van der Waals surface area contributed by atoms with Crippen LogP contribution in [-0.4, -0.2) is 35.7 Å². The van der Waals surface area contributed by atoms with E-state index < -0.39 is 0 Å². The molecule has 0 spiro atoms. The van der Waals surface area contributed by atoms with E-state index in [1.807, 2.05) is 33.7 Å². The Morgan fingerprint density at radius 2 is 1.82 bits per heavy atom. The monoisotopic (exact) mass is 237 g/mol. The molecule has 4 nitrogen and oxygen atoms in total. The van der Waals surface area contributed by atoms with E-state index in [1.165, 1.54) is 0 Å². The summed E-state index contributed by atoms with van der Waals surface area (Å²) in [6, 6.07) is 0. The topological polar surface area (TPSA) is 38.8 Å². The van der Waals surface area contributed by atoms with Gasteiger partial charge in [-0.2, -0.15) is 0 Å². The molecule has 0 unspecified atom stereocenters. The lowest BCUT2D eigenvalue weighted by atomic mass is 9.90. The van der Waals surface area contributed by atoms with Crippen LogP contribution in [-0.2, 0) is 14.1 Å². The van der Waals surface area contributed by atoms with Gasteiger partial charge in [0.1, 0.15) is 0 Å². The Morgan fingerprint density at radius 1 is 1.24 bits per heavy atom. The number of hydrogen-bond donors (Lipinski definition) is 0. The lowest BCUT2D eigenvalue weighted by Crippen LogP contribution is -2.41. The van der Waals surface area contributed by atoms with E-state index in [4.69, 9.17) is 9.31 Å². The van der Waals surface area contributed by atoms with E-state index in [-0.39, 0.29) is 24.2 Å². The highest BCUT2D eigenvalue weighted by Crippen LogP contribution is 2.36. The molecular formula is C12H20BNO3. The second-order valence-corrected chi connectivity index (χ2v) is 5.66. The predicted molar refractivity (Wildman–Crippen MR) is 66.2 cm³/mol. The van der Waals surface area contributed by atoms with Gasteiger partial charge in [-0.05, 0) is 46.3 Å². The molecular weight excluding hydrogens is 217 g/mol. The molecule has 94 valence electrons. The van der Waals surface area contributed by atoms with Crippen LogP contribution in [0, 0.1) is 0 Å². The average Bonchev–Trinajstić information content (AvgIpc) is 2.66. The van der Waals surface area contributed by atoms with Gasteiger partial charge in [0, 0.05) is 13.0 Å². The molecule has 0 radical (unpaired) electrons. The van der Waals surface area contributed by atoms with Gasteiger partial charge in [-0.3, -0.25) is 4.79 Å². The molecule has 0 aromatic rings. The molecule has 2 aliphatic rings. The summed E-state index contributed by atoms with van der Waals surface area (Å²) in [5, 5.41) is 0. The lowest BCUT2D eigenvalue weighted by Gasteiger charge is -2.32. The van der Waals surface area contributed by atoms with Gasteiger partial charge < -0.3 is 14.2 Å². The van der Waals surface area contributed by atoms with Gasteiger partial charge in [-0.15, -0.1) is 0 Å². The Bertz CT molecular complexity index is 336. The highest BCUT2D eigenvalue weighted by Gasteiger charge is 2.50. The molecule has 5 heteroatoms. The fourth-order valence-electron chi connectivity index (χ4n) is 1.97. The van der Waals surface area contributed by atoms with Gasteiger partial charge in [0.05, 0.1) is 11.2 Å². The summed E-state index contributed by atoms with van der Waals surface area (Å²) < 4.78 is 11.6. The Morgan fingerprint density at radius 3 is 2.29 bits per heavy atom. The first-order chi connectivity index (χ1) is 7.82. The first-order valence-electron chi connectivity index (χ1n) is 6.15. The van der Waals surface area contributed by atoms with Crippen LogP contribution in [0.4, 0.5) is 0 Å². The van der Waals surface area contributed by atoms with Gasteiger partial charge in [0.15, 0.2) is 0 Å². The molecule has 0 aliphatic carbocycles. The standard InChI is InChI=1S/C12H20BNO3/c1-11(2)12(3,4)17-13(16-11)7-9-14-8-5-6-10(14)15/h7,9H,5-6,8H2,1-4H3/b9-7+. The maximum atomic E-state index is 11.4. The summed E-state index contributed by atoms with van der Waals surface area (Å²) in [5.41, 5.74) is -0.645. The number of rotatable bonds is 2.